The highest BCUT2D eigenvalue weighted by molar-refractivity contribution is 6.33. The fourth-order valence-electron chi connectivity index (χ4n) is 0.966. The Morgan fingerprint density at radius 1 is 1.31 bits per heavy atom. The average molecular weight is 195 g/mol. The summed E-state index contributed by atoms with van der Waals surface area (Å²) in [5.41, 5.74) is 0.829. The predicted octanol–water partition coefficient (Wildman–Crippen LogP) is 2.20. The van der Waals surface area contributed by atoms with Crippen LogP contribution in [0.1, 0.15) is 0 Å². The second-order valence-electron chi connectivity index (χ2n) is 2.47. The number of benzene rings is 1. The molecule has 0 fully saturated rings. The summed E-state index contributed by atoms with van der Waals surface area (Å²) >= 11 is 5.92. The number of aromatic amines is 1. The van der Waals surface area contributed by atoms with Crippen LogP contribution in [0.5, 0.6) is 0 Å². The second kappa shape index (κ2) is 3.45. The van der Waals surface area contributed by atoms with Gasteiger partial charge >= 0.3 is 0 Å². The fourth-order valence-corrected chi connectivity index (χ4v) is 1.15. The number of anilines is 2. The van der Waals surface area contributed by atoms with E-state index in [9.17, 15) is 0 Å². The lowest BCUT2D eigenvalue weighted by Gasteiger charge is -2.03. The molecular formula is C8H7ClN4. The van der Waals surface area contributed by atoms with Gasteiger partial charge in [0.25, 0.3) is 0 Å². The topological polar surface area (TPSA) is 53.6 Å². The first kappa shape index (κ1) is 8.07. The number of H-pyrrole nitrogens is 1. The minimum atomic E-state index is 0.664. The standard InChI is InChI=1S/C8H7ClN4/c9-6-3-1-2-4-7(6)11-8-5-10-13-12-8/h1-5H,(H2,10,11,12,13). The Morgan fingerprint density at radius 3 is 2.85 bits per heavy atom. The van der Waals surface area contributed by atoms with Gasteiger partial charge in [-0.05, 0) is 12.1 Å². The van der Waals surface area contributed by atoms with Crippen molar-refractivity contribution in [2.24, 2.45) is 0 Å². The number of aromatic nitrogens is 3. The van der Waals surface area contributed by atoms with Gasteiger partial charge in [0.05, 0.1) is 16.9 Å². The van der Waals surface area contributed by atoms with Crippen molar-refractivity contribution in [3.8, 4) is 0 Å². The molecule has 0 bridgehead atoms. The molecule has 0 aliphatic carbocycles. The van der Waals surface area contributed by atoms with Crippen LogP contribution in [0.2, 0.25) is 5.02 Å². The zero-order chi connectivity index (χ0) is 9.10. The molecule has 1 heterocycles. The monoisotopic (exact) mass is 194 g/mol. The zero-order valence-electron chi connectivity index (χ0n) is 6.66. The summed E-state index contributed by atoms with van der Waals surface area (Å²) in [6.07, 6.45) is 1.59. The summed E-state index contributed by atoms with van der Waals surface area (Å²) in [4.78, 5) is 0. The highest BCUT2D eigenvalue weighted by Crippen LogP contribution is 2.22. The van der Waals surface area contributed by atoms with Crippen LogP contribution in [0.15, 0.2) is 30.5 Å². The van der Waals surface area contributed by atoms with E-state index in [0.717, 1.165) is 5.69 Å². The molecule has 0 radical (unpaired) electrons. The molecule has 0 aliphatic heterocycles. The van der Waals surface area contributed by atoms with E-state index < -0.39 is 0 Å². The lowest BCUT2D eigenvalue weighted by molar-refractivity contribution is 0.942. The number of para-hydroxylation sites is 1. The van der Waals surface area contributed by atoms with Crippen molar-refractivity contribution >= 4 is 23.1 Å². The third-order valence-electron chi connectivity index (χ3n) is 1.56. The molecule has 13 heavy (non-hydrogen) atoms. The Kier molecular flexibility index (Phi) is 2.14. The Balaban J connectivity index is 2.24. The number of hydrogen-bond donors (Lipinski definition) is 2. The van der Waals surface area contributed by atoms with E-state index in [1.807, 2.05) is 24.3 Å². The highest BCUT2D eigenvalue weighted by Gasteiger charge is 1.99. The first-order valence-electron chi connectivity index (χ1n) is 3.74. The Morgan fingerprint density at radius 2 is 2.15 bits per heavy atom. The molecule has 66 valence electrons. The maximum atomic E-state index is 5.92. The Hall–Kier alpha value is -1.55. The molecule has 0 unspecified atom stereocenters. The van der Waals surface area contributed by atoms with Crippen LogP contribution in [-0.4, -0.2) is 15.4 Å². The molecule has 0 atom stereocenters. The smallest absolute Gasteiger partial charge is 0.146 e. The second-order valence-corrected chi connectivity index (χ2v) is 2.88. The van der Waals surface area contributed by atoms with Crippen molar-refractivity contribution in [1.82, 2.24) is 15.4 Å². The third-order valence-corrected chi connectivity index (χ3v) is 1.89. The Labute approximate surface area is 79.9 Å². The van der Waals surface area contributed by atoms with Gasteiger partial charge in [0, 0.05) is 0 Å². The minimum Gasteiger partial charge on any atom is -0.338 e. The van der Waals surface area contributed by atoms with Gasteiger partial charge in [0.1, 0.15) is 5.82 Å². The summed E-state index contributed by atoms with van der Waals surface area (Å²) in [6, 6.07) is 7.47. The highest BCUT2D eigenvalue weighted by atomic mass is 35.5. The van der Waals surface area contributed by atoms with E-state index in [0.29, 0.717) is 10.8 Å². The van der Waals surface area contributed by atoms with Crippen LogP contribution in [0, 0.1) is 0 Å². The van der Waals surface area contributed by atoms with E-state index in [4.69, 9.17) is 11.6 Å². The van der Waals surface area contributed by atoms with E-state index in [1.165, 1.54) is 0 Å². The summed E-state index contributed by atoms with van der Waals surface area (Å²) in [7, 11) is 0. The van der Waals surface area contributed by atoms with Crippen molar-refractivity contribution in [2.45, 2.75) is 0 Å². The van der Waals surface area contributed by atoms with E-state index in [-0.39, 0.29) is 0 Å². The largest absolute Gasteiger partial charge is 0.338 e. The van der Waals surface area contributed by atoms with Crippen LogP contribution in [0.3, 0.4) is 0 Å². The van der Waals surface area contributed by atoms with Crippen LogP contribution >= 0.6 is 11.6 Å². The summed E-state index contributed by atoms with van der Waals surface area (Å²) in [5.74, 6) is 0.716. The van der Waals surface area contributed by atoms with Crippen molar-refractivity contribution in [3.63, 3.8) is 0 Å². The number of hydrogen-bond acceptors (Lipinski definition) is 3. The lowest BCUT2D eigenvalue weighted by Crippen LogP contribution is -1.90. The first-order valence-corrected chi connectivity index (χ1v) is 4.11. The van der Waals surface area contributed by atoms with Gasteiger partial charge in [-0.15, -0.1) is 5.10 Å². The van der Waals surface area contributed by atoms with Gasteiger partial charge in [0.15, 0.2) is 0 Å². The molecule has 0 aliphatic rings. The van der Waals surface area contributed by atoms with E-state index >= 15 is 0 Å². The SMILES string of the molecule is Clc1ccccc1Nc1cnn[nH]1. The van der Waals surface area contributed by atoms with Crippen LogP contribution in [0.25, 0.3) is 0 Å². The molecule has 1 aromatic heterocycles. The lowest BCUT2D eigenvalue weighted by atomic mass is 10.3. The van der Waals surface area contributed by atoms with Crippen molar-refractivity contribution in [3.05, 3.63) is 35.5 Å². The number of halogens is 1. The minimum absolute atomic E-state index is 0.664. The summed E-state index contributed by atoms with van der Waals surface area (Å²) in [6.45, 7) is 0. The average Bonchev–Trinajstić information content (AvgIpc) is 2.61. The van der Waals surface area contributed by atoms with Crippen LogP contribution in [-0.2, 0) is 0 Å². The summed E-state index contributed by atoms with van der Waals surface area (Å²) < 4.78 is 0. The molecule has 5 heteroatoms. The molecule has 0 amide bonds. The van der Waals surface area contributed by atoms with Crippen molar-refractivity contribution in [2.75, 3.05) is 5.32 Å². The first-order chi connectivity index (χ1) is 6.36. The maximum absolute atomic E-state index is 5.92. The van der Waals surface area contributed by atoms with E-state index in [2.05, 4.69) is 20.7 Å². The predicted molar refractivity (Wildman–Crippen MR) is 51.1 cm³/mol. The summed E-state index contributed by atoms with van der Waals surface area (Å²) in [5, 5.41) is 13.6. The molecule has 1 aromatic carbocycles. The molecule has 0 saturated carbocycles. The molecule has 2 aromatic rings. The van der Waals surface area contributed by atoms with Gasteiger partial charge in [0.2, 0.25) is 0 Å². The number of nitrogens with zero attached hydrogens (tertiary/aromatic N) is 2. The van der Waals surface area contributed by atoms with E-state index in [1.54, 1.807) is 6.20 Å². The van der Waals surface area contributed by atoms with Crippen molar-refractivity contribution in [1.29, 1.82) is 0 Å². The third kappa shape index (κ3) is 1.78. The van der Waals surface area contributed by atoms with Gasteiger partial charge in [-0.1, -0.05) is 28.9 Å². The van der Waals surface area contributed by atoms with Gasteiger partial charge in [-0.3, -0.25) is 0 Å². The molecule has 0 saturated heterocycles. The molecule has 2 N–H and O–H groups in total. The van der Waals surface area contributed by atoms with Gasteiger partial charge in [-0.2, -0.15) is 0 Å². The van der Waals surface area contributed by atoms with Crippen LogP contribution in [0.4, 0.5) is 11.5 Å². The number of nitrogens with one attached hydrogen (secondary N) is 2. The quantitative estimate of drug-likeness (QED) is 0.771. The Bertz CT molecular complexity index is 385. The van der Waals surface area contributed by atoms with Crippen molar-refractivity contribution < 1.29 is 0 Å². The number of rotatable bonds is 2. The normalized spacial score (nSPS) is 9.92. The van der Waals surface area contributed by atoms with Gasteiger partial charge < -0.3 is 5.32 Å². The fraction of sp³-hybridized carbons (Fsp3) is 0. The molecule has 2 rings (SSSR count). The zero-order valence-corrected chi connectivity index (χ0v) is 7.42. The molecule has 0 spiro atoms. The molecule has 4 nitrogen and oxygen atoms in total. The maximum Gasteiger partial charge on any atom is 0.146 e. The van der Waals surface area contributed by atoms with Crippen LogP contribution < -0.4 is 5.32 Å². The van der Waals surface area contributed by atoms with Gasteiger partial charge in [-0.25, -0.2) is 5.10 Å². The molecular weight excluding hydrogens is 188 g/mol.